The maximum atomic E-state index is 13.2. The molecule has 6 heteroatoms. The Kier molecular flexibility index (Phi) is 2.57. The number of nitrogens with one attached hydrogen (secondary N) is 1. The lowest BCUT2D eigenvalue weighted by atomic mass is 10.1. The lowest BCUT2D eigenvalue weighted by Crippen LogP contribution is -2.31. The van der Waals surface area contributed by atoms with Crippen LogP contribution in [0.5, 0.6) is 0 Å². The number of hydrogen-bond donors (Lipinski definition) is 2. The average molecular weight is 241 g/mol. The highest BCUT2D eigenvalue weighted by Crippen LogP contribution is 2.46. The number of aliphatic carboxylic acids is 1. The smallest absolute Gasteiger partial charge is 0.319 e. The van der Waals surface area contributed by atoms with E-state index in [1.807, 2.05) is 0 Å². The first-order valence-corrected chi connectivity index (χ1v) is 4.96. The van der Waals surface area contributed by atoms with Gasteiger partial charge in [0.05, 0.1) is 5.69 Å². The van der Waals surface area contributed by atoms with E-state index in [1.54, 1.807) is 0 Å². The first-order chi connectivity index (χ1) is 7.97. The van der Waals surface area contributed by atoms with Crippen LogP contribution < -0.4 is 5.32 Å². The summed E-state index contributed by atoms with van der Waals surface area (Å²) >= 11 is 0. The number of halogens is 2. The molecule has 1 fully saturated rings. The maximum Gasteiger partial charge on any atom is 0.319 e. The lowest BCUT2D eigenvalue weighted by Gasteiger charge is -2.11. The number of carboxylic acid groups (broad SMARTS) is 1. The zero-order valence-corrected chi connectivity index (χ0v) is 8.67. The molecule has 1 aliphatic rings. The quantitative estimate of drug-likeness (QED) is 0.792. The van der Waals surface area contributed by atoms with Gasteiger partial charge in [-0.3, -0.25) is 9.59 Å². The van der Waals surface area contributed by atoms with Gasteiger partial charge in [0, 0.05) is 0 Å². The average Bonchev–Trinajstić information content (AvgIpc) is 3.05. The topological polar surface area (TPSA) is 66.4 Å². The number of benzene rings is 1. The SMILES string of the molecule is O=C(O)C1(C(=O)Nc2cccc(F)c2F)CC1. The predicted molar refractivity (Wildman–Crippen MR) is 54.3 cm³/mol. The third kappa shape index (κ3) is 1.86. The van der Waals surface area contributed by atoms with Crippen LogP contribution in [0.15, 0.2) is 18.2 Å². The summed E-state index contributed by atoms with van der Waals surface area (Å²) < 4.78 is 26.1. The zero-order chi connectivity index (χ0) is 12.6. The van der Waals surface area contributed by atoms with Crippen molar-refractivity contribution in [1.82, 2.24) is 0 Å². The van der Waals surface area contributed by atoms with E-state index in [9.17, 15) is 18.4 Å². The molecule has 2 N–H and O–H groups in total. The molecule has 4 nitrogen and oxygen atoms in total. The van der Waals surface area contributed by atoms with Crippen molar-refractivity contribution in [2.45, 2.75) is 12.8 Å². The summed E-state index contributed by atoms with van der Waals surface area (Å²) in [7, 11) is 0. The minimum Gasteiger partial charge on any atom is -0.480 e. The minimum absolute atomic E-state index is 0.213. The van der Waals surface area contributed by atoms with E-state index in [0.29, 0.717) is 0 Å². The Morgan fingerprint density at radius 3 is 2.47 bits per heavy atom. The molecule has 0 radical (unpaired) electrons. The van der Waals surface area contributed by atoms with Crippen LogP contribution in [-0.2, 0) is 9.59 Å². The van der Waals surface area contributed by atoms with Crippen molar-refractivity contribution in [3.8, 4) is 0 Å². The summed E-state index contributed by atoms with van der Waals surface area (Å²) in [6.45, 7) is 0. The fraction of sp³-hybridized carbons (Fsp3) is 0.273. The molecule has 1 amide bonds. The number of amides is 1. The molecule has 0 aliphatic heterocycles. The van der Waals surface area contributed by atoms with Gasteiger partial charge in [-0.1, -0.05) is 6.07 Å². The van der Waals surface area contributed by atoms with Crippen molar-refractivity contribution in [2.75, 3.05) is 5.32 Å². The largest absolute Gasteiger partial charge is 0.480 e. The molecular formula is C11H9F2NO3. The molecule has 0 bridgehead atoms. The van der Waals surface area contributed by atoms with Gasteiger partial charge in [-0.15, -0.1) is 0 Å². The monoisotopic (exact) mass is 241 g/mol. The van der Waals surface area contributed by atoms with Gasteiger partial charge in [-0.25, -0.2) is 8.78 Å². The molecule has 0 aromatic heterocycles. The highest BCUT2D eigenvalue weighted by atomic mass is 19.2. The van der Waals surface area contributed by atoms with Crippen molar-refractivity contribution in [3.05, 3.63) is 29.8 Å². The Balaban J connectivity index is 2.20. The van der Waals surface area contributed by atoms with Gasteiger partial charge in [-0.2, -0.15) is 0 Å². The normalized spacial score (nSPS) is 16.4. The Labute approximate surface area is 95.2 Å². The van der Waals surface area contributed by atoms with Crippen LogP contribution in [0.25, 0.3) is 0 Å². The Morgan fingerprint density at radius 2 is 1.94 bits per heavy atom. The molecule has 0 atom stereocenters. The van der Waals surface area contributed by atoms with E-state index in [0.717, 1.165) is 6.07 Å². The second kappa shape index (κ2) is 3.80. The standard InChI is InChI=1S/C11H9F2NO3/c12-6-2-1-3-7(8(6)13)14-9(15)11(4-5-11)10(16)17/h1-3H,4-5H2,(H,14,15)(H,16,17). The van der Waals surface area contributed by atoms with Gasteiger partial charge in [0.25, 0.3) is 0 Å². The van der Waals surface area contributed by atoms with E-state index < -0.39 is 28.9 Å². The number of carbonyl (C=O) groups is 2. The summed E-state index contributed by atoms with van der Waals surface area (Å²) in [6.07, 6.45) is 0.427. The molecule has 0 spiro atoms. The Morgan fingerprint density at radius 1 is 1.29 bits per heavy atom. The van der Waals surface area contributed by atoms with Crippen LogP contribution in [0.3, 0.4) is 0 Å². The fourth-order valence-electron chi connectivity index (χ4n) is 1.51. The van der Waals surface area contributed by atoms with Crippen LogP contribution in [-0.4, -0.2) is 17.0 Å². The summed E-state index contributed by atoms with van der Waals surface area (Å²) in [4.78, 5) is 22.5. The molecule has 1 saturated carbocycles. The van der Waals surface area contributed by atoms with Crippen molar-refractivity contribution >= 4 is 17.6 Å². The van der Waals surface area contributed by atoms with Gasteiger partial charge in [-0.05, 0) is 25.0 Å². The third-order valence-electron chi connectivity index (χ3n) is 2.79. The second-order valence-electron chi connectivity index (χ2n) is 3.94. The van der Waals surface area contributed by atoms with Crippen molar-refractivity contribution < 1.29 is 23.5 Å². The highest BCUT2D eigenvalue weighted by molar-refractivity contribution is 6.10. The van der Waals surface area contributed by atoms with E-state index >= 15 is 0 Å². The van der Waals surface area contributed by atoms with E-state index in [2.05, 4.69) is 5.32 Å². The van der Waals surface area contributed by atoms with Crippen molar-refractivity contribution in [1.29, 1.82) is 0 Å². The first-order valence-electron chi connectivity index (χ1n) is 4.96. The third-order valence-corrected chi connectivity index (χ3v) is 2.79. The molecule has 0 saturated heterocycles. The number of carboxylic acids is 1. The fourth-order valence-corrected chi connectivity index (χ4v) is 1.51. The van der Waals surface area contributed by atoms with Crippen LogP contribution >= 0.6 is 0 Å². The second-order valence-corrected chi connectivity index (χ2v) is 3.94. The van der Waals surface area contributed by atoms with E-state index in [-0.39, 0.29) is 18.5 Å². The van der Waals surface area contributed by atoms with Gasteiger partial charge >= 0.3 is 5.97 Å². The summed E-state index contributed by atoms with van der Waals surface area (Å²) in [6, 6.07) is 3.32. The van der Waals surface area contributed by atoms with Crippen LogP contribution in [0.2, 0.25) is 0 Å². The van der Waals surface area contributed by atoms with Crippen molar-refractivity contribution in [3.63, 3.8) is 0 Å². The Bertz CT molecular complexity index is 497. The van der Waals surface area contributed by atoms with Gasteiger partial charge < -0.3 is 10.4 Å². The molecule has 0 heterocycles. The first kappa shape index (κ1) is 11.5. The summed E-state index contributed by atoms with van der Waals surface area (Å²) in [5, 5.41) is 10.9. The summed E-state index contributed by atoms with van der Waals surface area (Å²) in [5.74, 6) is -4.34. The maximum absolute atomic E-state index is 13.2. The van der Waals surface area contributed by atoms with Crippen LogP contribution in [0, 0.1) is 17.0 Å². The molecular weight excluding hydrogens is 232 g/mol. The Hall–Kier alpha value is -1.98. The number of carbonyl (C=O) groups excluding carboxylic acids is 1. The van der Waals surface area contributed by atoms with Crippen molar-refractivity contribution in [2.24, 2.45) is 5.41 Å². The minimum atomic E-state index is -1.47. The number of anilines is 1. The van der Waals surface area contributed by atoms with Crippen LogP contribution in [0.1, 0.15) is 12.8 Å². The molecule has 1 aliphatic carbocycles. The number of hydrogen-bond acceptors (Lipinski definition) is 2. The predicted octanol–water partition coefficient (Wildman–Crippen LogP) is 1.77. The summed E-state index contributed by atoms with van der Waals surface area (Å²) in [5.41, 5.74) is -1.82. The van der Waals surface area contributed by atoms with E-state index in [1.165, 1.54) is 12.1 Å². The van der Waals surface area contributed by atoms with Gasteiger partial charge in [0.15, 0.2) is 11.6 Å². The van der Waals surface area contributed by atoms with Crippen LogP contribution in [0.4, 0.5) is 14.5 Å². The van der Waals surface area contributed by atoms with E-state index in [4.69, 9.17) is 5.11 Å². The lowest BCUT2D eigenvalue weighted by molar-refractivity contribution is -0.147. The molecule has 90 valence electrons. The highest BCUT2D eigenvalue weighted by Gasteiger charge is 2.57. The van der Waals surface area contributed by atoms with Gasteiger partial charge in [0.1, 0.15) is 5.41 Å². The molecule has 1 aromatic carbocycles. The molecule has 2 rings (SSSR count). The molecule has 17 heavy (non-hydrogen) atoms. The number of rotatable bonds is 3. The van der Waals surface area contributed by atoms with Gasteiger partial charge in [0.2, 0.25) is 5.91 Å². The molecule has 0 unspecified atom stereocenters. The zero-order valence-electron chi connectivity index (χ0n) is 8.67. The molecule has 1 aromatic rings.